The van der Waals surface area contributed by atoms with Crippen LogP contribution in [0.5, 0.6) is 0 Å². The fraction of sp³-hybridized carbons (Fsp3) is 0.212. The molecule has 0 aliphatic heterocycles. The summed E-state index contributed by atoms with van der Waals surface area (Å²) < 4.78 is 4.72. The minimum absolute atomic E-state index is 0.0941. The maximum absolute atomic E-state index is 11.8. The third-order valence-electron chi connectivity index (χ3n) is 6.45. The lowest BCUT2D eigenvalue weighted by molar-refractivity contribution is 0.0600. The maximum Gasteiger partial charge on any atom is 0.340 e. The molecule has 10 heteroatoms. The topological polar surface area (TPSA) is 87.7 Å². The fourth-order valence-corrected chi connectivity index (χ4v) is 5.20. The van der Waals surface area contributed by atoms with Gasteiger partial charge in [-0.05, 0) is 71.5 Å². The van der Waals surface area contributed by atoms with Crippen LogP contribution in [0.3, 0.4) is 0 Å². The molecule has 0 amide bonds. The second kappa shape index (κ2) is 15.3. The highest BCUT2D eigenvalue weighted by Crippen LogP contribution is 2.35. The van der Waals surface area contributed by atoms with Crippen molar-refractivity contribution in [3.63, 3.8) is 0 Å². The van der Waals surface area contributed by atoms with E-state index in [1.807, 2.05) is 42.5 Å². The van der Waals surface area contributed by atoms with Crippen LogP contribution in [0.1, 0.15) is 71.4 Å². The Labute approximate surface area is 271 Å². The number of anilines is 4. The number of rotatable bonds is 8. The third kappa shape index (κ3) is 8.80. The monoisotopic (exact) mass is 660 g/mol. The van der Waals surface area contributed by atoms with Crippen LogP contribution in [0, 0.1) is 0 Å². The number of hydrogen-bond donors (Lipinski definition) is 3. The molecule has 6 nitrogen and oxygen atoms in total. The minimum atomic E-state index is -1.15. The molecule has 226 valence electrons. The van der Waals surface area contributed by atoms with E-state index in [4.69, 9.17) is 56.2 Å². The summed E-state index contributed by atoms with van der Waals surface area (Å²) in [6, 6.07) is 22.5. The molecule has 0 bridgehead atoms. The average molecular weight is 662 g/mol. The number of carboxylic acid groups (broad SMARTS) is 1. The Kier molecular flexibility index (Phi) is 12.2. The van der Waals surface area contributed by atoms with Gasteiger partial charge >= 0.3 is 11.9 Å². The average Bonchev–Trinajstić information content (AvgIpc) is 2.96. The van der Waals surface area contributed by atoms with Crippen molar-refractivity contribution in [1.29, 1.82) is 0 Å². The van der Waals surface area contributed by atoms with Gasteiger partial charge in [0.15, 0.2) is 0 Å². The molecule has 0 saturated heterocycles. The number of methoxy groups -OCH3 is 1. The van der Waals surface area contributed by atoms with Gasteiger partial charge in [0.05, 0.1) is 49.7 Å². The molecule has 0 atom stereocenters. The van der Waals surface area contributed by atoms with E-state index in [2.05, 4.69) is 44.4 Å². The van der Waals surface area contributed by atoms with E-state index < -0.39 is 11.9 Å². The number of aromatic carboxylic acids is 1. The Balaban J connectivity index is 0.000000236. The minimum Gasteiger partial charge on any atom is -0.478 e. The molecule has 4 aromatic rings. The molecule has 0 heterocycles. The van der Waals surface area contributed by atoms with Gasteiger partial charge in [-0.2, -0.15) is 0 Å². The van der Waals surface area contributed by atoms with Gasteiger partial charge in [-0.25, -0.2) is 9.59 Å². The molecule has 4 rings (SSSR count). The molecular formula is C33H32Cl4N2O4. The summed E-state index contributed by atoms with van der Waals surface area (Å²) in [7, 11) is 1.29. The molecule has 0 saturated carbocycles. The predicted octanol–water partition coefficient (Wildman–Crippen LogP) is 11.2. The Hall–Kier alpha value is -3.42. The summed E-state index contributed by atoms with van der Waals surface area (Å²) in [5.41, 5.74) is 5.32. The number of carboxylic acids is 1. The van der Waals surface area contributed by atoms with Gasteiger partial charge in [-0.15, -0.1) is 0 Å². The number of carbonyl (C=O) groups excluding carboxylic acids is 1. The molecule has 0 spiro atoms. The lowest BCUT2D eigenvalue weighted by Gasteiger charge is -2.14. The van der Waals surface area contributed by atoms with Crippen molar-refractivity contribution in [1.82, 2.24) is 0 Å². The summed E-state index contributed by atoms with van der Waals surface area (Å²) in [6.07, 6.45) is 0. The van der Waals surface area contributed by atoms with E-state index in [9.17, 15) is 9.59 Å². The van der Waals surface area contributed by atoms with Crippen molar-refractivity contribution in [2.24, 2.45) is 0 Å². The zero-order valence-electron chi connectivity index (χ0n) is 24.3. The summed E-state index contributed by atoms with van der Waals surface area (Å²) in [5.74, 6) is -0.880. The largest absolute Gasteiger partial charge is 0.478 e. The van der Waals surface area contributed by atoms with E-state index >= 15 is 0 Å². The lowest BCUT2D eigenvalue weighted by Crippen LogP contribution is -2.05. The van der Waals surface area contributed by atoms with Gasteiger partial charge < -0.3 is 20.5 Å². The number of benzene rings is 4. The second-order valence-corrected chi connectivity index (χ2v) is 11.7. The van der Waals surface area contributed by atoms with Crippen molar-refractivity contribution in [3.05, 3.63) is 115 Å². The first-order valence-electron chi connectivity index (χ1n) is 13.4. The third-order valence-corrected chi connectivity index (χ3v) is 7.87. The van der Waals surface area contributed by atoms with Crippen LogP contribution in [0.4, 0.5) is 22.7 Å². The number of esters is 1. The molecule has 0 fully saturated rings. The Morgan fingerprint density at radius 3 is 1.49 bits per heavy atom. The Morgan fingerprint density at radius 1 is 0.674 bits per heavy atom. The predicted molar refractivity (Wildman–Crippen MR) is 179 cm³/mol. The van der Waals surface area contributed by atoms with Crippen molar-refractivity contribution in [2.45, 2.75) is 39.5 Å². The van der Waals surface area contributed by atoms with E-state index in [1.54, 1.807) is 18.2 Å². The molecule has 0 unspecified atom stereocenters. The highest BCUT2D eigenvalue weighted by molar-refractivity contribution is 6.41. The van der Waals surface area contributed by atoms with Crippen molar-refractivity contribution in [3.8, 4) is 0 Å². The van der Waals surface area contributed by atoms with Crippen molar-refractivity contribution >= 4 is 81.1 Å². The highest BCUT2D eigenvalue weighted by Gasteiger charge is 2.19. The molecular weight excluding hydrogens is 630 g/mol. The molecule has 0 radical (unpaired) electrons. The maximum atomic E-state index is 11.8. The van der Waals surface area contributed by atoms with Crippen molar-refractivity contribution < 1.29 is 19.4 Å². The van der Waals surface area contributed by atoms with Gasteiger partial charge in [-0.3, -0.25) is 0 Å². The smallest absolute Gasteiger partial charge is 0.340 e. The molecule has 4 aromatic carbocycles. The van der Waals surface area contributed by atoms with Gasteiger partial charge in [0.25, 0.3) is 0 Å². The van der Waals surface area contributed by atoms with Gasteiger partial charge in [0.1, 0.15) is 0 Å². The molecule has 0 aliphatic rings. The first-order chi connectivity index (χ1) is 20.3. The van der Waals surface area contributed by atoms with E-state index in [-0.39, 0.29) is 31.2 Å². The standard InChI is InChI=1S/C17H17Cl2NO2.C16H15Cl2NO2/c1-10(2)11-5-4-6-12(9-11)20-14-8-7-13(18)15(16(14)19)17(21)22-3;1-9(2)10-4-3-5-11(8-10)19-13-7-6-12(17)14(15(13)18)16(20)21/h4-10,20H,1-3H3;3-9,19H,1-2H3,(H,20,21). The molecule has 0 aromatic heterocycles. The van der Waals surface area contributed by atoms with Gasteiger partial charge in [0, 0.05) is 11.4 Å². The van der Waals surface area contributed by atoms with Gasteiger partial charge in [-0.1, -0.05) is 98.4 Å². The fourth-order valence-electron chi connectivity index (χ4n) is 4.05. The number of ether oxygens (including phenoxy) is 1. The van der Waals surface area contributed by atoms with Crippen LogP contribution in [-0.4, -0.2) is 24.2 Å². The van der Waals surface area contributed by atoms with Crippen LogP contribution in [0.2, 0.25) is 20.1 Å². The molecule has 43 heavy (non-hydrogen) atoms. The van der Waals surface area contributed by atoms with Crippen LogP contribution in [0.15, 0.2) is 72.8 Å². The zero-order valence-corrected chi connectivity index (χ0v) is 27.3. The van der Waals surface area contributed by atoms with E-state index in [1.165, 1.54) is 24.3 Å². The number of carbonyl (C=O) groups is 2. The van der Waals surface area contributed by atoms with Crippen LogP contribution in [0.25, 0.3) is 0 Å². The Morgan fingerprint density at radius 2 is 1.09 bits per heavy atom. The van der Waals surface area contributed by atoms with Crippen LogP contribution < -0.4 is 10.6 Å². The van der Waals surface area contributed by atoms with Crippen LogP contribution >= 0.6 is 46.4 Å². The molecule has 3 N–H and O–H groups in total. The zero-order chi connectivity index (χ0) is 31.8. The normalized spacial score (nSPS) is 10.7. The summed E-state index contributed by atoms with van der Waals surface area (Å²) in [6.45, 7) is 8.47. The van der Waals surface area contributed by atoms with E-state index in [0.29, 0.717) is 23.2 Å². The quantitative estimate of drug-likeness (QED) is 0.163. The first kappa shape index (κ1) is 34.1. The first-order valence-corrected chi connectivity index (χ1v) is 14.9. The summed E-state index contributed by atoms with van der Waals surface area (Å²) >= 11 is 24.3. The van der Waals surface area contributed by atoms with Crippen molar-refractivity contribution in [2.75, 3.05) is 17.7 Å². The summed E-state index contributed by atoms with van der Waals surface area (Å²) in [5, 5.41) is 16.2. The van der Waals surface area contributed by atoms with Gasteiger partial charge in [0.2, 0.25) is 0 Å². The Bertz CT molecular complexity index is 1620. The summed E-state index contributed by atoms with van der Waals surface area (Å²) in [4.78, 5) is 23.0. The SMILES string of the molecule is CC(C)c1cccc(Nc2ccc(Cl)c(C(=O)O)c2Cl)c1.COC(=O)c1c(Cl)ccc(Nc2cccc(C(C)C)c2)c1Cl. The lowest BCUT2D eigenvalue weighted by atomic mass is 10.0. The van der Waals surface area contributed by atoms with E-state index in [0.717, 1.165) is 11.4 Å². The number of nitrogens with one attached hydrogen (secondary N) is 2. The highest BCUT2D eigenvalue weighted by atomic mass is 35.5. The molecule has 0 aliphatic carbocycles. The number of hydrogen-bond acceptors (Lipinski definition) is 5. The second-order valence-electron chi connectivity index (χ2n) is 10.2. The van der Waals surface area contributed by atoms with Crippen LogP contribution in [-0.2, 0) is 4.74 Å². The number of halogens is 4.